The second kappa shape index (κ2) is 53.5. The van der Waals surface area contributed by atoms with Crippen molar-refractivity contribution in [2.24, 2.45) is 0 Å². The molecule has 0 bridgehead atoms. The van der Waals surface area contributed by atoms with E-state index in [2.05, 4.69) is 92.1 Å². The van der Waals surface area contributed by atoms with E-state index in [0.29, 0.717) is 17.4 Å². The molecule has 0 saturated heterocycles. The number of phosphoric acid groups is 1. The average Bonchev–Trinajstić information content (AvgIpc) is 3.34. The van der Waals surface area contributed by atoms with Crippen LogP contribution in [-0.4, -0.2) is 73.4 Å². The number of aliphatic hydroxyl groups is 1. The van der Waals surface area contributed by atoms with Crippen molar-refractivity contribution in [2.75, 3.05) is 40.9 Å². The van der Waals surface area contributed by atoms with E-state index in [1.807, 2.05) is 27.2 Å². The van der Waals surface area contributed by atoms with Gasteiger partial charge in [-0.25, -0.2) is 4.57 Å². The summed E-state index contributed by atoms with van der Waals surface area (Å²) < 4.78 is 23.7. The molecule has 3 atom stereocenters. The summed E-state index contributed by atoms with van der Waals surface area (Å²) in [6.07, 6.45) is 75.5. The summed E-state index contributed by atoms with van der Waals surface area (Å²) in [4.78, 5) is 23.3. The average molecular weight is 1030 g/mol. The molecule has 0 aliphatic rings. The van der Waals surface area contributed by atoms with Gasteiger partial charge in [-0.1, -0.05) is 259 Å². The first-order chi connectivity index (χ1) is 35.0. The molecule has 3 N–H and O–H groups in total. The minimum absolute atomic E-state index is 0.0544. The molecule has 72 heavy (non-hydrogen) atoms. The van der Waals surface area contributed by atoms with E-state index in [1.165, 1.54) is 167 Å². The van der Waals surface area contributed by atoms with Crippen LogP contribution in [0.3, 0.4) is 0 Å². The second-order valence-electron chi connectivity index (χ2n) is 21.3. The molecule has 3 unspecified atom stereocenters. The predicted octanol–water partition coefficient (Wildman–Crippen LogP) is 18.4. The minimum Gasteiger partial charge on any atom is -0.387 e. The third kappa shape index (κ3) is 55.4. The fourth-order valence-electron chi connectivity index (χ4n) is 8.44. The molecule has 0 aromatic carbocycles. The standard InChI is InChI=1S/C63H115N2O6P/c1-6-8-10-12-14-16-18-20-22-24-25-26-27-28-29-30-31-32-33-34-35-36-37-38-39-41-43-45-47-49-51-53-55-57-63(67)64-61(60-71-72(68,69)70-59-58-65(3,4)5)62(66)56-54-52-50-48-46-44-42-40-23-21-19-17-15-13-11-9-7-2/h8,10,14,16,20,22,25-26,28-29,46,48,54,56,61-62,66H,6-7,9,11-13,15,17-19,21,23-24,27,30-45,47,49-53,55,57-60H2,1-5H3,(H-,64,67,68,69)/p+1/b10-8-,16-14-,22-20-,26-25-,29-28-,48-46+,56-54+. The summed E-state index contributed by atoms with van der Waals surface area (Å²) in [5.41, 5.74) is 0. The number of hydrogen-bond acceptors (Lipinski definition) is 5. The number of phosphoric ester groups is 1. The molecule has 0 aromatic rings. The SMILES string of the molecule is CC/C=C\C/C=C\C/C=C\C/C=C\C/C=C\CCCCCCCCCCCCCCCCCCCC(=O)NC(COP(=O)(O)OCC[N+](C)(C)C)C(O)/C=C/CC/C=C/CCCCCCCCCCCCC. The van der Waals surface area contributed by atoms with Gasteiger partial charge in [0.25, 0.3) is 0 Å². The highest BCUT2D eigenvalue weighted by molar-refractivity contribution is 7.47. The number of quaternary nitrogens is 1. The first-order valence-corrected chi connectivity index (χ1v) is 31.5. The molecular weight excluding hydrogens is 912 g/mol. The summed E-state index contributed by atoms with van der Waals surface area (Å²) in [5, 5.41) is 13.9. The highest BCUT2D eigenvalue weighted by atomic mass is 31.2. The zero-order valence-electron chi connectivity index (χ0n) is 47.7. The van der Waals surface area contributed by atoms with Crippen molar-refractivity contribution >= 4 is 13.7 Å². The van der Waals surface area contributed by atoms with Crippen LogP contribution in [-0.2, 0) is 18.4 Å². The Morgan fingerprint density at radius 3 is 1.28 bits per heavy atom. The summed E-state index contributed by atoms with van der Waals surface area (Å²) in [5.74, 6) is -0.187. The van der Waals surface area contributed by atoms with Crippen molar-refractivity contribution in [3.05, 3.63) is 85.1 Å². The van der Waals surface area contributed by atoms with E-state index >= 15 is 0 Å². The van der Waals surface area contributed by atoms with Crippen molar-refractivity contribution in [2.45, 2.75) is 270 Å². The summed E-state index contributed by atoms with van der Waals surface area (Å²) >= 11 is 0. The van der Waals surface area contributed by atoms with Crippen LogP contribution in [0.15, 0.2) is 85.1 Å². The second-order valence-corrected chi connectivity index (χ2v) is 22.8. The Morgan fingerprint density at radius 2 is 0.847 bits per heavy atom. The van der Waals surface area contributed by atoms with Crippen LogP contribution in [0.5, 0.6) is 0 Å². The maximum absolute atomic E-state index is 13.0. The quantitative estimate of drug-likeness (QED) is 0.0243. The molecule has 0 rings (SSSR count). The van der Waals surface area contributed by atoms with E-state index in [4.69, 9.17) is 9.05 Å². The van der Waals surface area contributed by atoms with Crippen LogP contribution in [0, 0.1) is 0 Å². The number of hydrogen-bond donors (Lipinski definition) is 3. The van der Waals surface area contributed by atoms with Gasteiger partial charge in [0, 0.05) is 6.42 Å². The van der Waals surface area contributed by atoms with Gasteiger partial charge < -0.3 is 19.8 Å². The number of carbonyl (C=O) groups excluding carboxylic acids is 1. The number of allylic oxidation sites excluding steroid dienone is 13. The Balaban J connectivity index is 4.11. The number of rotatable bonds is 54. The monoisotopic (exact) mass is 1030 g/mol. The van der Waals surface area contributed by atoms with Gasteiger partial charge in [-0.3, -0.25) is 13.8 Å². The molecule has 0 fully saturated rings. The maximum Gasteiger partial charge on any atom is 0.472 e. The number of aliphatic hydroxyl groups excluding tert-OH is 1. The minimum atomic E-state index is -4.36. The lowest BCUT2D eigenvalue weighted by atomic mass is 10.0. The molecule has 0 heterocycles. The largest absolute Gasteiger partial charge is 0.472 e. The van der Waals surface area contributed by atoms with E-state index in [1.54, 1.807) is 6.08 Å². The van der Waals surface area contributed by atoms with Gasteiger partial charge in [-0.15, -0.1) is 0 Å². The lowest BCUT2D eigenvalue weighted by Crippen LogP contribution is -2.45. The smallest absolute Gasteiger partial charge is 0.387 e. The molecule has 0 aromatic heterocycles. The fraction of sp³-hybridized carbons (Fsp3) is 0.762. The number of unbranched alkanes of at least 4 members (excludes halogenated alkanes) is 29. The summed E-state index contributed by atoms with van der Waals surface area (Å²) in [6.45, 7) is 4.69. The zero-order chi connectivity index (χ0) is 52.7. The molecule has 0 aliphatic carbocycles. The van der Waals surface area contributed by atoms with Crippen molar-refractivity contribution in [3.8, 4) is 0 Å². The van der Waals surface area contributed by atoms with Gasteiger partial charge in [0.15, 0.2) is 0 Å². The van der Waals surface area contributed by atoms with Crippen LogP contribution >= 0.6 is 7.82 Å². The number of nitrogens with one attached hydrogen (secondary N) is 1. The molecule has 9 heteroatoms. The molecule has 1 amide bonds. The molecule has 0 radical (unpaired) electrons. The number of nitrogens with zero attached hydrogens (tertiary/aromatic N) is 1. The summed E-state index contributed by atoms with van der Waals surface area (Å²) in [6, 6.07) is -0.866. The Labute approximate surface area is 446 Å². The number of carbonyl (C=O) groups is 1. The van der Waals surface area contributed by atoms with Crippen LogP contribution < -0.4 is 5.32 Å². The van der Waals surface area contributed by atoms with Crippen LogP contribution in [0.4, 0.5) is 0 Å². The van der Waals surface area contributed by atoms with Gasteiger partial charge in [0.1, 0.15) is 13.2 Å². The third-order valence-electron chi connectivity index (χ3n) is 13.1. The van der Waals surface area contributed by atoms with E-state index in [9.17, 15) is 19.4 Å². The fourth-order valence-corrected chi connectivity index (χ4v) is 9.17. The lowest BCUT2D eigenvalue weighted by molar-refractivity contribution is -0.870. The Hall–Kier alpha value is -2.32. The molecule has 0 saturated carbocycles. The van der Waals surface area contributed by atoms with E-state index < -0.39 is 20.0 Å². The normalized spacial score (nSPS) is 14.5. The molecule has 418 valence electrons. The zero-order valence-corrected chi connectivity index (χ0v) is 48.5. The molecular formula is C63H116N2O6P+. The Morgan fingerprint density at radius 1 is 0.486 bits per heavy atom. The van der Waals surface area contributed by atoms with E-state index in [-0.39, 0.29) is 19.1 Å². The van der Waals surface area contributed by atoms with E-state index in [0.717, 1.165) is 70.6 Å². The van der Waals surface area contributed by atoms with Crippen LogP contribution in [0.1, 0.15) is 258 Å². The predicted molar refractivity (Wildman–Crippen MR) is 313 cm³/mol. The van der Waals surface area contributed by atoms with Gasteiger partial charge in [-0.05, 0) is 77.0 Å². The van der Waals surface area contributed by atoms with Gasteiger partial charge in [0.05, 0.1) is 39.9 Å². The lowest BCUT2D eigenvalue weighted by Gasteiger charge is -2.25. The van der Waals surface area contributed by atoms with Crippen molar-refractivity contribution in [1.82, 2.24) is 5.32 Å². The topological polar surface area (TPSA) is 105 Å². The van der Waals surface area contributed by atoms with Crippen LogP contribution in [0.2, 0.25) is 0 Å². The number of likely N-dealkylation sites (N-methyl/N-ethyl adjacent to an activating group) is 1. The Kier molecular flexibility index (Phi) is 51.8. The first kappa shape index (κ1) is 69.7. The highest BCUT2D eigenvalue weighted by Crippen LogP contribution is 2.43. The highest BCUT2D eigenvalue weighted by Gasteiger charge is 2.27. The van der Waals surface area contributed by atoms with Gasteiger partial charge in [0.2, 0.25) is 5.91 Å². The maximum atomic E-state index is 13.0. The van der Waals surface area contributed by atoms with Crippen molar-refractivity contribution < 1.29 is 32.9 Å². The van der Waals surface area contributed by atoms with Crippen LogP contribution in [0.25, 0.3) is 0 Å². The summed E-state index contributed by atoms with van der Waals surface area (Å²) in [7, 11) is 1.55. The van der Waals surface area contributed by atoms with Crippen molar-refractivity contribution in [1.29, 1.82) is 0 Å². The van der Waals surface area contributed by atoms with Gasteiger partial charge >= 0.3 is 7.82 Å². The first-order valence-electron chi connectivity index (χ1n) is 30.0. The van der Waals surface area contributed by atoms with Crippen molar-refractivity contribution in [3.63, 3.8) is 0 Å². The van der Waals surface area contributed by atoms with Gasteiger partial charge in [-0.2, -0.15) is 0 Å². The Bertz CT molecular complexity index is 1450. The molecule has 0 spiro atoms. The number of amides is 1. The molecule has 0 aliphatic heterocycles. The molecule has 8 nitrogen and oxygen atoms in total. The third-order valence-corrected chi connectivity index (χ3v) is 14.1.